The van der Waals surface area contributed by atoms with Crippen molar-refractivity contribution < 1.29 is 18.7 Å². The molecule has 0 aliphatic carbocycles. The third-order valence-electron chi connectivity index (χ3n) is 3.17. The zero-order chi connectivity index (χ0) is 15.6. The molecule has 0 spiro atoms. The molecule has 0 saturated carbocycles. The first-order valence-electron chi connectivity index (χ1n) is 6.21. The predicted molar refractivity (Wildman–Crippen MR) is 81.8 cm³/mol. The fourth-order valence-corrected chi connectivity index (χ4v) is 2.73. The Morgan fingerprint density at radius 3 is 2.43 bits per heavy atom. The molecule has 0 amide bonds. The maximum absolute atomic E-state index is 13.4. The molecule has 110 valence electrons. The summed E-state index contributed by atoms with van der Waals surface area (Å²) >= 11 is 3.35. The van der Waals surface area contributed by atoms with Gasteiger partial charge in [-0.3, -0.25) is 4.79 Å². The highest BCUT2D eigenvalue weighted by Crippen LogP contribution is 2.38. The third-order valence-corrected chi connectivity index (χ3v) is 3.93. The predicted octanol–water partition coefficient (Wildman–Crippen LogP) is 4.14. The summed E-state index contributed by atoms with van der Waals surface area (Å²) in [6.45, 7) is 1.76. The molecule has 3 nitrogen and oxygen atoms in total. The van der Waals surface area contributed by atoms with Gasteiger partial charge in [-0.15, -0.1) is 0 Å². The second kappa shape index (κ2) is 6.26. The van der Waals surface area contributed by atoms with Gasteiger partial charge in [-0.05, 0) is 52.7 Å². The quantitative estimate of drug-likeness (QED) is 0.775. The molecule has 2 aromatic carbocycles. The SMILES string of the molecule is COc1ccc(C(=O)c2cc(F)ccc2C)c(OC)c1Br. The lowest BCUT2D eigenvalue weighted by Gasteiger charge is -2.13. The van der Waals surface area contributed by atoms with Crippen molar-refractivity contribution in [3.8, 4) is 11.5 Å². The van der Waals surface area contributed by atoms with Crippen LogP contribution < -0.4 is 9.47 Å². The molecule has 2 rings (SSSR count). The molecule has 0 aliphatic rings. The summed E-state index contributed by atoms with van der Waals surface area (Å²) in [6, 6.07) is 7.40. The molecule has 0 N–H and O–H groups in total. The highest BCUT2D eigenvalue weighted by atomic mass is 79.9. The van der Waals surface area contributed by atoms with Crippen LogP contribution in [0, 0.1) is 12.7 Å². The van der Waals surface area contributed by atoms with Gasteiger partial charge in [-0.1, -0.05) is 6.07 Å². The minimum absolute atomic E-state index is 0.299. The lowest BCUT2D eigenvalue weighted by molar-refractivity contribution is 0.103. The fourth-order valence-electron chi connectivity index (χ4n) is 2.06. The van der Waals surface area contributed by atoms with E-state index in [0.717, 1.165) is 0 Å². The van der Waals surface area contributed by atoms with Gasteiger partial charge in [0.15, 0.2) is 5.78 Å². The van der Waals surface area contributed by atoms with Crippen LogP contribution in [0.25, 0.3) is 0 Å². The molecule has 0 bridgehead atoms. The van der Waals surface area contributed by atoms with Gasteiger partial charge in [-0.2, -0.15) is 0 Å². The van der Waals surface area contributed by atoms with Crippen molar-refractivity contribution in [2.24, 2.45) is 0 Å². The van der Waals surface area contributed by atoms with Crippen molar-refractivity contribution in [2.75, 3.05) is 14.2 Å². The van der Waals surface area contributed by atoms with E-state index in [4.69, 9.17) is 9.47 Å². The van der Waals surface area contributed by atoms with E-state index in [-0.39, 0.29) is 5.78 Å². The summed E-state index contributed by atoms with van der Waals surface area (Å²) in [5, 5.41) is 0. The van der Waals surface area contributed by atoms with E-state index in [1.54, 1.807) is 25.1 Å². The van der Waals surface area contributed by atoms with Crippen LogP contribution in [0.1, 0.15) is 21.5 Å². The molecule has 0 fully saturated rings. The summed E-state index contributed by atoms with van der Waals surface area (Å²) in [5.41, 5.74) is 1.36. The van der Waals surface area contributed by atoms with E-state index in [2.05, 4.69) is 15.9 Å². The van der Waals surface area contributed by atoms with Crippen LogP contribution in [-0.2, 0) is 0 Å². The summed E-state index contributed by atoms with van der Waals surface area (Å²) in [6.07, 6.45) is 0. The van der Waals surface area contributed by atoms with Crippen molar-refractivity contribution in [3.05, 3.63) is 57.3 Å². The van der Waals surface area contributed by atoms with Crippen LogP contribution >= 0.6 is 15.9 Å². The number of carbonyl (C=O) groups excluding carboxylic acids is 1. The Balaban J connectivity index is 2.58. The largest absolute Gasteiger partial charge is 0.495 e. The number of ketones is 1. The average molecular weight is 353 g/mol. The zero-order valence-corrected chi connectivity index (χ0v) is 13.5. The van der Waals surface area contributed by atoms with E-state index in [1.807, 2.05) is 0 Å². The van der Waals surface area contributed by atoms with Gasteiger partial charge in [0.2, 0.25) is 0 Å². The van der Waals surface area contributed by atoms with Crippen molar-refractivity contribution in [1.29, 1.82) is 0 Å². The zero-order valence-electron chi connectivity index (χ0n) is 11.9. The maximum Gasteiger partial charge on any atom is 0.197 e. The summed E-state index contributed by atoms with van der Waals surface area (Å²) in [4.78, 5) is 12.6. The van der Waals surface area contributed by atoms with E-state index in [9.17, 15) is 9.18 Å². The molecular formula is C16H14BrFO3. The minimum Gasteiger partial charge on any atom is -0.495 e. The van der Waals surface area contributed by atoms with Crippen LogP contribution in [0.3, 0.4) is 0 Å². The Bertz CT molecular complexity index is 698. The van der Waals surface area contributed by atoms with Crippen LogP contribution in [0.5, 0.6) is 11.5 Å². The molecule has 0 unspecified atom stereocenters. The van der Waals surface area contributed by atoms with Gasteiger partial charge >= 0.3 is 0 Å². The number of rotatable bonds is 4. The molecule has 0 aromatic heterocycles. The Morgan fingerprint density at radius 1 is 1.10 bits per heavy atom. The molecule has 0 atom stereocenters. The van der Waals surface area contributed by atoms with Gasteiger partial charge in [0.05, 0.1) is 19.8 Å². The number of methoxy groups -OCH3 is 2. The lowest BCUT2D eigenvalue weighted by Crippen LogP contribution is -2.07. The third kappa shape index (κ3) is 2.93. The number of hydrogen-bond acceptors (Lipinski definition) is 3. The topological polar surface area (TPSA) is 35.5 Å². The number of benzene rings is 2. The van der Waals surface area contributed by atoms with E-state index < -0.39 is 5.82 Å². The van der Waals surface area contributed by atoms with E-state index in [1.165, 1.54) is 26.4 Å². The number of carbonyl (C=O) groups is 1. The van der Waals surface area contributed by atoms with Crippen LogP contribution in [0.4, 0.5) is 4.39 Å². The molecule has 0 radical (unpaired) electrons. The van der Waals surface area contributed by atoms with Gasteiger partial charge in [0.25, 0.3) is 0 Å². The first-order chi connectivity index (χ1) is 9.99. The van der Waals surface area contributed by atoms with E-state index in [0.29, 0.717) is 32.7 Å². The summed E-state index contributed by atoms with van der Waals surface area (Å²) < 4.78 is 24.4. The molecule has 0 heterocycles. The Kier molecular flexibility index (Phi) is 4.63. The van der Waals surface area contributed by atoms with Crippen LogP contribution in [0.2, 0.25) is 0 Å². The number of ether oxygens (including phenoxy) is 2. The van der Waals surface area contributed by atoms with Crippen molar-refractivity contribution >= 4 is 21.7 Å². The first-order valence-corrected chi connectivity index (χ1v) is 7.00. The normalized spacial score (nSPS) is 10.3. The van der Waals surface area contributed by atoms with E-state index >= 15 is 0 Å². The molecule has 0 aliphatic heterocycles. The summed E-state index contributed by atoms with van der Waals surface area (Å²) in [7, 11) is 2.99. The highest BCUT2D eigenvalue weighted by Gasteiger charge is 2.21. The monoisotopic (exact) mass is 352 g/mol. The Labute approximate surface area is 130 Å². The number of aryl methyl sites for hydroxylation is 1. The van der Waals surface area contributed by atoms with Crippen LogP contribution in [-0.4, -0.2) is 20.0 Å². The molecule has 2 aromatic rings. The Morgan fingerprint density at radius 2 is 1.81 bits per heavy atom. The lowest BCUT2D eigenvalue weighted by atomic mass is 9.98. The van der Waals surface area contributed by atoms with Crippen LogP contribution in [0.15, 0.2) is 34.8 Å². The highest BCUT2D eigenvalue weighted by molar-refractivity contribution is 9.10. The van der Waals surface area contributed by atoms with Crippen molar-refractivity contribution in [1.82, 2.24) is 0 Å². The molecular weight excluding hydrogens is 339 g/mol. The Hall–Kier alpha value is -1.88. The first kappa shape index (κ1) is 15.5. The standard InChI is InChI=1S/C16H14BrFO3/c1-9-4-5-10(18)8-12(9)15(19)11-6-7-13(20-2)14(17)16(11)21-3/h4-8H,1-3H3. The van der Waals surface area contributed by atoms with Crippen molar-refractivity contribution in [2.45, 2.75) is 6.92 Å². The number of hydrogen-bond donors (Lipinski definition) is 0. The average Bonchev–Trinajstić information content (AvgIpc) is 2.48. The van der Waals surface area contributed by atoms with Gasteiger partial charge in [0, 0.05) is 5.56 Å². The maximum atomic E-state index is 13.4. The second-order valence-electron chi connectivity index (χ2n) is 4.45. The minimum atomic E-state index is -0.449. The second-order valence-corrected chi connectivity index (χ2v) is 5.24. The molecule has 21 heavy (non-hydrogen) atoms. The van der Waals surface area contributed by atoms with Gasteiger partial charge < -0.3 is 9.47 Å². The smallest absolute Gasteiger partial charge is 0.197 e. The molecule has 5 heteroatoms. The fraction of sp³-hybridized carbons (Fsp3) is 0.188. The van der Waals surface area contributed by atoms with Gasteiger partial charge in [0.1, 0.15) is 21.8 Å². The van der Waals surface area contributed by atoms with Gasteiger partial charge in [-0.25, -0.2) is 4.39 Å². The summed E-state index contributed by atoms with van der Waals surface area (Å²) in [5.74, 6) is 0.171. The molecule has 0 saturated heterocycles. The number of halogens is 2. The van der Waals surface area contributed by atoms with Crippen molar-refractivity contribution in [3.63, 3.8) is 0 Å².